The van der Waals surface area contributed by atoms with Crippen molar-refractivity contribution >= 4 is 10.0 Å². The fourth-order valence-electron chi connectivity index (χ4n) is 3.05. The smallest absolute Gasteiger partial charge is 0.243 e. The lowest BCUT2D eigenvalue weighted by Crippen LogP contribution is -2.38. The SMILES string of the molecule is CCN(C1CCCC1)S(=O)(=O)c1cccc(CO)c1C. The number of hydrogen-bond donors (Lipinski definition) is 1. The molecule has 0 unspecified atom stereocenters. The van der Waals surface area contributed by atoms with Crippen LogP contribution in [0.25, 0.3) is 0 Å². The largest absolute Gasteiger partial charge is 0.392 e. The number of hydrogen-bond acceptors (Lipinski definition) is 3. The maximum atomic E-state index is 12.9. The number of aliphatic hydroxyl groups is 1. The molecule has 20 heavy (non-hydrogen) atoms. The molecular formula is C15H23NO3S. The third kappa shape index (κ3) is 2.75. The lowest BCUT2D eigenvalue weighted by molar-refractivity contribution is 0.280. The summed E-state index contributed by atoms with van der Waals surface area (Å²) in [7, 11) is -3.48. The summed E-state index contributed by atoms with van der Waals surface area (Å²) in [5.41, 5.74) is 1.33. The molecule has 112 valence electrons. The quantitative estimate of drug-likeness (QED) is 0.908. The Bertz CT molecular complexity index is 562. The normalized spacial score (nSPS) is 17.0. The van der Waals surface area contributed by atoms with Gasteiger partial charge in [-0.2, -0.15) is 4.31 Å². The van der Waals surface area contributed by atoms with Crippen molar-refractivity contribution in [1.29, 1.82) is 0 Å². The van der Waals surface area contributed by atoms with E-state index < -0.39 is 10.0 Å². The van der Waals surface area contributed by atoms with Gasteiger partial charge in [-0.3, -0.25) is 0 Å². The van der Waals surface area contributed by atoms with Crippen LogP contribution in [0.15, 0.2) is 23.1 Å². The molecule has 0 amide bonds. The Morgan fingerprint density at radius 2 is 1.95 bits per heavy atom. The Morgan fingerprint density at radius 3 is 2.50 bits per heavy atom. The van der Waals surface area contributed by atoms with E-state index in [9.17, 15) is 13.5 Å². The van der Waals surface area contributed by atoms with Crippen molar-refractivity contribution in [2.75, 3.05) is 6.54 Å². The number of aliphatic hydroxyl groups excluding tert-OH is 1. The van der Waals surface area contributed by atoms with Gasteiger partial charge >= 0.3 is 0 Å². The molecule has 0 atom stereocenters. The molecule has 1 aromatic carbocycles. The van der Waals surface area contributed by atoms with Gasteiger partial charge in [-0.05, 0) is 37.0 Å². The van der Waals surface area contributed by atoms with Crippen LogP contribution in [-0.2, 0) is 16.6 Å². The Morgan fingerprint density at radius 1 is 1.30 bits per heavy atom. The van der Waals surface area contributed by atoms with Crippen molar-refractivity contribution < 1.29 is 13.5 Å². The standard InChI is InChI=1S/C15H23NO3S/c1-3-16(14-8-4-5-9-14)20(18,19)15-10-6-7-13(11-17)12(15)2/h6-7,10,14,17H,3-5,8-9,11H2,1-2H3. The molecule has 1 saturated carbocycles. The summed E-state index contributed by atoms with van der Waals surface area (Å²) < 4.78 is 27.4. The van der Waals surface area contributed by atoms with Crippen LogP contribution in [-0.4, -0.2) is 30.4 Å². The van der Waals surface area contributed by atoms with Gasteiger partial charge in [-0.25, -0.2) is 8.42 Å². The molecular weight excluding hydrogens is 274 g/mol. The van der Waals surface area contributed by atoms with Gasteiger partial charge in [-0.15, -0.1) is 0 Å². The Labute approximate surface area is 121 Å². The third-order valence-electron chi connectivity index (χ3n) is 4.20. The van der Waals surface area contributed by atoms with E-state index in [1.165, 1.54) is 0 Å². The van der Waals surface area contributed by atoms with Crippen LogP contribution in [0.5, 0.6) is 0 Å². The molecule has 0 spiro atoms. The van der Waals surface area contributed by atoms with Crippen molar-refractivity contribution in [2.45, 2.75) is 57.1 Å². The Hall–Kier alpha value is -0.910. The van der Waals surface area contributed by atoms with Crippen LogP contribution in [0.2, 0.25) is 0 Å². The Kier molecular flexibility index (Phi) is 4.83. The van der Waals surface area contributed by atoms with E-state index in [0.29, 0.717) is 22.6 Å². The number of sulfonamides is 1. The molecule has 0 bridgehead atoms. The van der Waals surface area contributed by atoms with Crippen molar-refractivity contribution in [3.05, 3.63) is 29.3 Å². The van der Waals surface area contributed by atoms with Gasteiger partial charge in [0.1, 0.15) is 0 Å². The van der Waals surface area contributed by atoms with Gasteiger partial charge in [0, 0.05) is 12.6 Å². The lowest BCUT2D eigenvalue weighted by atomic mass is 10.1. The highest BCUT2D eigenvalue weighted by Crippen LogP contribution is 2.30. The van der Waals surface area contributed by atoms with Crippen LogP contribution >= 0.6 is 0 Å². The van der Waals surface area contributed by atoms with Crippen LogP contribution in [0.3, 0.4) is 0 Å². The third-order valence-corrected chi connectivity index (χ3v) is 6.37. The molecule has 1 aliphatic rings. The van der Waals surface area contributed by atoms with Gasteiger partial charge in [0.05, 0.1) is 11.5 Å². The van der Waals surface area contributed by atoms with E-state index in [4.69, 9.17) is 0 Å². The first-order valence-corrected chi connectivity index (χ1v) is 8.67. The van der Waals surface area contributed by atoms with E-state index in [0.717, 1.165) is 25.7 Å². The zero-order chi connectivity index (χ0) is 14.8. The topological polar surface area (TPSA) is 57.6 Å². The summed E-state index contributed by atoms with van der Waals surface area (Å²) >= 11 is 0. The molecule has 0 heterocycles. The summed E-state index contributed by atoms with van der Waals surface area (Å²) in [4.78, 5) is 0.331. The minimum absolute atomic E-state index is 0.127. The van der Waals surface area contributed by atoms with Gasteiger partial charge in [0.25, 0.3) is 0 Å². The fraction of sp³-hybridized carbons (Fsp3) is 0.600. The zero-order valence-corrected chi connectivity index (χ0v) is 13.0. The molecule has 1 aliphatic carbocycles. The van der Waals surface area contributed by atoms with Crippen molar-refractivity contribution in [3.63, 3.8) is 0 Å². The summed E-state index contributed by atoms with van der Waals surface area (Å²) in [6, 6.07) is 5.23. The molecule has 0 aromatic heterocycles. The summed E-state index contributed by atoms with van der Waals surface area (Å²) in [6.45, 7) is 4.02. The van der Waals surface area contributed by atoms with Crippen LogP contribution < -0.4 is 0 Å². The van der Waals surface area contributed by atoms with Crippen molar-refractivity contribution in [3.8, 4) is 0 Å². The number of benzene rings is 1. The molecule has 1 N–H and O–H groups in total. The minimum Gasteiger partial charge on any atom is -0.392 e. The van der Waals surface area contributed by atoms with Gasteiger partial charge < -0.3 is 5.11 Å². The second-order valence-electron chi connectivity index (χ2n) is 5.35. The molecule has 1 aromatic rings. The molecule has 2 rings (SSSR count). The van der Waals surface area contributed by atoms with Crippen LogP contribution in [0.1, 0.15) is 43.7 Å². The number of rotatable bonds is 5. The van der Waals surface area contributed by atoms with Gasteiger partial charge in [0.15, 0.2) is 0 Å². The van der Waals surface area contributed by atoms with E-state index in [2.05, 4.69) is 0 Å². The van der Waals surface area contributed by atoms with E-state index in [1.807, 2.05) is 6.92 Å². The molecule has 4 nitrogen and oxygen atoms in total. The first-order valence-electron chi connectivity index (χ1n) is 7.23. The second kappa shape index (κ2) is 6.24. The van der Waals surface area contributed by atoms with Crippen molar-refractivity contribution in [1.82, 2.24) is 4.31 Å². The molecule has 0 radical (unpaired) electrons. The van der Waals surface area contributed by atoms with Gasteiger partial charge in [0.2, 0.25) is 10.0 Å². The molecule has 1 fully saturated rings. The first-order chi connectivity index (χ1) is 9.52. The predicted molar refractivity (Wildman–Crippen MR) is 78.9 cm³/mol. The summed E-state index contributed by atoms with van der Waals surface area (Å²) in [6.07, 6.45) is 4.11. The molecule has 5 heteroatoms. The maximum Gasteiger partial charge on any atom is 0.243 e. The highest BCUT2D eigenvalue weighted by Gasteiger charge is 2.33. The summed E-state index contributed by atoms with van der Waals surface area (Å²) in [5.74, 6) is 0. The van der Waals surface area contributed by atoms with E-state index >= 15 is 0 Å². The van der Waals surface area contributed by atoms with E-state index in [1.54, 1.807) is 29.4 Å². The van der Waals surface area contributed by atoms with Crippen molar-refractivity contribution in [2.24, 2.45) is 0 Å². The van der Waals surface area contributed by atoms with Crippen LogP contribution in [0, 0.1) is 6.92 Å². The predicted octanol–water partition coefficient (Wildman–Crippen LogP) is 2.44. The average Bonchev–Trinajstić information content (AvgIpc) is 2.93. The maximum absolute atomic E-state index is 12.9. The summed E-state index contributed by atoms with van der Waals surface area (Å²) in [5, 5.41) is 9.31. The minimum atomic E-state index is -3.48. The first kappa shape index (κ1) is 15.5. The Balaban J connectivity index is 2.43. The van der Waals surface area contributed by atoms with E-state index in [-0.39, 0.29) is 12.6 Å². The van der Waals surface area contributed by atoms with Gasteiger partial charge in [-0.1, -0.05) is 31.9 Å². The molecule has 0 aliphatic heterocycles. The highest BCUT2D eigenvalue weighted by molar-refractivity contribution is 7.89. The average molecular weight is 297 g/mol. The fourth-order valence-corrected chi connectivity index (χ4v) is 5.02. The highest BCUT2D eigenvalue weighted by atomic mass is 32.2. The van der Waals surface area contributed by atoms with Crippen LogP contribution in [0.4, 0.5) is 0 Å². The number of nitrogens with zero attached hydrogens (tertiary/aromatic N) is 1. The zero-order valence-electron chi connectivity index (χ0n) is 12.2. The second-order valence-corrected chi connectivity index (χ2v) is 7.20. The lowest BCUT2D eigenvalue weighted by Gasteiger charge is -2.27. The molecule has 0 saturated heterocycles. The monoisotopic (exact) mass is 297 g/mol.